The van der Waals surface area contributed by atoms with Crippen LogP contribution in [0.25, 0.3) is 0 Å². The number of rotatable bonds is 5. The summed E-state index contributed by atoms with van der Waals surface area (Å²) in [5.41, 5.74) is 0.645. The highest BCUT2D eigenvalue weighted by Gasteiger charge is 2.15. The minimum Gasteiger partial charge on any atom is -0.492 e. The molecule has 0 radical (unpaired) electrons. The van der Waals surface area contributed by atoms with Gasteiger partial charge in [-0.15, -0.1) is 0 Å². The summed E-state index contributed by atoms with van der Waals surface area (Å²) in [6.45, 7) is 1.00. The molecule has 7 heteroatoms. The van der Waals surface area contributed by atoms with E-state index >= 15 is 0 Å². The number of carbonyl (C=O) groups is 1. The van der Waals surface area contributed by atoms with Crippen LogP contribution in [0.2, 0.25) is 5.02 Å². The molecular weight excluding hydrogens is 332 g/mol. The van der Waals surface area contributed by atoms with Crippen LogP contribution < -0.4 is 19.5 Å². The van der Waals surface area contributed by atoms with E-state index in [1.165, 1.54) is 4.90 Å². The third-order valence-corrected chi connectivity index (χ3v) is 3.70. The Kier molecular flexibility index (Phi) is 4.96. The van der Waals surface area contributed by atoms with Crippen LogP contribution in [0.15, 0.2) is 42.5 Å². The molecule has 0 saturated heterocycles. The number of ether oxygens (including phenoxy) is 3. The summed E-state index contributed by atoms with van der Waals surface area (Å²) in [6, 6.07) is 12.2. The molecule has 1 aliphatic rings. The van der Waals surface area contributed by atoms with Gasteiger partial charge >= 0.3 is 6.03 Å². The van der Waals surface area contributed by atoms with Gasteiger partial charge in [-0.2, -0.15) is 0 Å². The maximum absolute atomic E-state index is 12.2. The molecule has 24 heavy (non-hydrogen) atoms. The molecule has 0 saturated carbocycles. The number of hydrogen-bond donors (Lipinski definition) is 1. The van der Waals surface area contributed by atoms with E-state index in [1.54, 1.807) is 37.4 Å². The van der Waals surface area contributed by atoms with Crippen molar-refractivity contribution < 1.29 is 19.0 Å². The maximum atomic E-state index is 12.2. The third kappa shape index (κ3) is 4.02. The minimum absolute atomic E-state index is 0.202. The molecule has 0 aromatic heterocycles. The Morgan fingerprint density at radius 1 is 1.25 bits per heavy atom. The molecule has 0 fully saturated rings. The first-order valence-corrected chi connectivity index (χ1v) is 7.80. The third-order valence-electron chi connectivity index (χ3n) is 3.46. The first-order valence-electron chi connectivity index (χ1n) is 7.42. The van der Waals surface area contributed by atoms with Gasteiger partial charge in [0.25, 0.3) is 0 Å². The topological polar surface area (TPSA) is 60.0 Å². The van der Waals surface area contributed by atoms with Gasteiger partial charge < -0.3 is 24.4 Å². The molecule has 1 heterocycles. The van der Waals surface area contributed by atoms with Crippen LogP contribution in [0.5, 0.6) is 17.2 Å². The summed E-state index contributed by atoms with van der Waals surface area (Å²) in [5, 5.41) is 3.42. The van der Waals surface area contributed by atoms with Crippen LogP contribution in [-0.4, -0.2) is 37.9 Å². The molecule has 2 aromatic rings. The normalized spacial score (nSPS) is 11.9. The SMILES string of the molecule is CN(CCOc1cccc(Cl)c1)C(=O)Nc1ccc2c(c1)OCO2. The lowest BCUT2D eigenvalue weighted by Gasteiger charge is -2.18. The first-order chi connectivity index (χ1) is 11.6. The van der Waals surface area contributed by atoms with Crippen LogP contribution in [0, 0.1) is 0 Å². The number of benzene rings is 2. The van der Waals surface area contributed by atoms with Crippen molar-refractivity contribution in [2.75, 3.05) is 32.3 Å². The Morgan fingerprint density at radius 2 is 2.08 bits per heavy atom. The molecule has 3 rings (SSSR count). The molecule has 0 atom stereocenters. The van der Waals surface area contributed by atoms with Crippen molar-refractivity contribution in [3.8, 4) is 17.2 Å². The number of amides is 2. The highest BCUT2D eigenvalue weighted by Crippen LogP contribution is 2.34. The quantitative estimate of drug-likeness (QED) is 0.896. The summed E-state index contributed by atoms with van der Waals surface area (Å²) < 4.78 is 16.1. The second-order valence-electron chi connectivity index (χ2n) is 5.23. The van der Waals surface area contributed by atoms with Gasteiger partial charge in [0.15, 0.2) is 11.5 Å². The number of carbonyl (C=O) groups excluding carboxylic acids is 1. The lowest BCUT2D eigenvalue weighted by Crippen LogP contribution is -2.34. The van der Waals surface area contributed by atoms with Crippen molar-refractivity contribution in [2.24, 2.45) is 0 Å². The van der Waals surface area contributed by atoms with Gasteiger partial charge in [0.1, 0.15) is 12.4 Å². The molecule has 1 aliphatic heterocycles. The molecule has 126 valence electrons. The Hall–Kier alpha value is -2.60. The van der Waals surface area contributed by atoms with Crippen LogP contribution in [0.4, 0.5) is 10.5 Å². The van der Waals surface area contributed by atoms with Crippen molar-refractivity contribution in [3.05, 3.63) is 47.5 Å². The molecule has 1 N–H and O–H groups in total. The van der Waals surface area contributed by atoms with Crippen molar-refractivity contribution in [1.82, 2.24) is 4.90 Å². The molecule has 6 nitrogen and oxygen atoms in total. The number of anilines is 1. The second kappa shape index (κ2) is 7.31. The fourth-order valence-corrected chi connectivity index (χ4v) is 2.33. The monoisotopic (exact) mass is 348 g/mol. The van der Waals surface area contributed by atoms with E-state index < -0.39 is 0 Å². The van der Waals surface area contributed by atoms with E-state index in [4.69, 9.17) is 25.8 Å². The van der Waals surface area contributed by atoms with Crippen LogP contribution in [0.1, 0.15) is 0 Å². The number of halogens is 1. The summed E-state index contributed by atoms with van der Waals surface area (Å²) in [4.78, 5) is 13.7. The maximum Gasteiger partial charge on any atom is 0.321 e. The summed E-state index contributed by atoms with van der Waals surface area (Å²) >= 11 is 5.89. The van der Waals surface area contributed by atoms with Gasteiger partial charge in [0.05, 0.1) is 6.54 Å². The lowest BCUT2D eigenvalue weighted by molar-refractivity contribution is 0.174. The highest BCUT2D eigenvalue weighted by atomic mass is 35.5. The zero-order chi connectivity index (χ0) is 16.9. The number of hydrogen-bond acceptors (Lipinski definition) is 4. The molecule has 2 amide bonds. The van der Waals surface area contributed by atoms with E-state index in [0.717, 1.165) is 0 Å². The standard InChI is InChI=1S/C17H17ClN2O4/c1-20(7-8-22-14-4-2-3-12(18)9-14)17(21)19-13-5-6-15-16(10-13)24-11-23-15/h2-6,9-10H,7-8,11H2,1H3,(H,19,21). The molecule has 0 spiro atoms. The summed E-state index contributed by atoms with van der Waals surface area (Å²) in [6.07, 6.45) is 0. The van der Waals surface area contributed by atoms with E-state index in [2.05, 4.69) is 5.32 Å². The average Bonchev–Trinajstić information content (AvgIpc) is 3.02. The Labute approximate surface area is 144 Å². The Morgan fingerprint density at radius 3 is 2.92 bits per heavy atom. The van der Waals surface area contributed by atoms with E-state index in [9.17, 15) is 4.79 Å². The number of nitrogens with one attached hydrogen (secondary N) is 1. The predicted octanol–water partition coefficient (Wildman–Crippen LogP) is 3.61. The highest BCUT2D eigenvalue weighted by molar-refractivity contribution is 6.30. The Bertz CT molecular complexity index is 738. The van der Waals surface area contributed by atoms with Crippen molar-refractivity contribution in [3.63, 3.8) is 0 Å². The number of likely N-dealkylation sites (N-methyl/N-ethyl adjacent to an activating group) is 1. The van der Waals surface area contributed by atoms with Crippen molar-refractivity contribution >= 4 is 23.3 Å². The van der Waals surface area contributed by atoms with Crippen LogP contribution in [0.3, 0.4) is 0 Å². The molecular formula is C17H17ClN2O4. The van der Waals surface area contributed by atoms with Crippen molar-refractivity contribution in [2.45, 2.75) is 0 Å². The fourth-order valence-electron chi connectivity index (χ4n) is 2.15. The lowest BCUT2D eigenvalue weighted by atomic mass is 10.3. The predicted molar refractivity (Wildman–Crippen MR) is 91.2 cm³/mol. The van der Waals surface area contributed by atoms with Crippen LogP contribution in [-0.2, 0) is 0 Å². The zero-order valence-corrected chi connectivity index (χ0v) is 13.9. The van der Waals surface area contributed by atoms with E-state index in [1.807, 2.05) is 12.1 Å². The largest absolute Gasteiger partial charge is 0.492 e. The van der Waals surface area contributed by atoms with Gasteiger partial charge in [-0.1, -0.05) is 17.7 Å². The fraction of sp³-hybridized carbons (Fsp3) is 0.235. The number of nitrogens with zero attached hydrogens (tertiary/aromatic N) is 1. The smallest absolute Gasteiger partial charge is 0.321 e. The first kappa shape index (κ1) is 16.3. The van der Waals surface area contributed by atoms with E-state index in [-0.39, 0.29) is 12.8 Å². The summed E-state index contributed by atoms with van der Waals surface area (Å²) in [5.74, 6) is 1.98. The Balaban J connectivity index is 1.48. The second-order valence-corrected chi connectivity index (χ2v) is 5.66. The molecule has 0 unspecified atom stereocenters. The van der Waals surface area contributed by atoms with Crippen LogP contribution >= 0.6 is 11.6 Å². The van der Waals surface area contributed by atoms with Crippen molar-refractivity contribution in [1.29, 1.82) is 0 Å². The average molecular weight is 349 g/mol. The van der Waals surface area contributed by atoms with Gasteiger partial charge in [-0.05, 0) is 30.3 Å². The number of fused-ring (bicyclic) bond motifs is 1. The number of urea groups is 1. The summed E-state index contributed by atoms with van der Waals surface area (Å²) in [7, 11) is 1.70. The van der Waals surface area contributed by atoms with Gasteiger partial charge in [0, 0.05) is 23.8 Å². The van der Waals surface area contributed by atoms with Gasteiger partial charge in [-0.25, -0.2) is 4.79 Å². The minimum atomic E-state index is -0.233. The molecule has 0 aliphatic carbocycles. The molecule has 0 bridgehead atoms. The van der Waals surface area contributed by atoms with Gasteiger partial charge in [-0.3, -0.25) is 0 Å². The van der Waals surface area contributed by atoms with Gasteiger partial charge in [0.2, 0.25) is 6.79 Å². The zero-order valence-electron chi connectivity index (χ0n) is 13.1. The molecule has 2 aromatic carbocycles. The van der Waals surface area contributed by atoms with E-state index in [0.29, 0.717) is 41.1 Å².